The van der Waals surface area contributed by atoms with E-state index in [2.05, 4.69) is 25.5 Å². The molecule has 2 fully saturated rings. The molecule has 1 aromatic carbocycles. The molecule has 2 aromatic rings. The van der Waals surface area contributed by atoms with Gasteiger partial charge in [0, 0.05) is 25.2 Å². The van der Waals surface area contributed by atoms with Crippen LogP contribution in [0.25, 0.3) is 0 Å². The summed E-state index contributed by atoms with van der Waals surface area (Å²) in [5, 5.41) is 6.29. The first kappa shape index (κ1) is 30.4. The van der Waals surface area contributed by atoms with E-state index in [1.807, 2.05) is 7.05 Å². The number of anilines is 2. The Morgan fingerprint density at radius 1 is 1.23 bits per heavy atom. The number of halogens is 2. The molecular formula is C27H38ClFN6O4S. The normalized spacial score (nSPS) is 20.9. The topological polar surface area (TPSA) is 117 Å². The number of nitrogens with one attached hydrogen (secondary N) is 2. The number of aromatic nitrogens is 2. The van der Waals surface area contributed by atoms with Crippen LogP contribution in [0.3, 0.4) is 0 Å². The Morgan fingerprint density at radius 3 is 2.60 bits per heavy atom. The Balaban J connectivity index is 1.51. The van der Waals surface area contributed by atoms with Crippen molar-refractivity contribution in [3.8, 4) is 5.75 Å². The van der Waals surface area contributed by atoms with E-state index in [9.17, 15) is 13.2 Å². The standard InChI is InChI=1S/C27H38ClFN6O4S/c1-34-11-9-18(10-12-34)31-26(36)19-14-25(39-3)23(15-21(19)29)33-27-30-16-20(28)22(32-27)13-17-7-5-6-8-24(17)35(2)40(4,37)38/h14-18,24H,5-13H2,1-4H3,(H,31,36)(H,30,32,33)/t17-,24+/m0/s1. The summed E-state index contributed by atoms with van der Waals surface area (Å²) in [6.07, 6.45) is 8.37. The van der Waals surface area contributed by atoms with Crippen LogP contribution in [-0.2, 0) is 16.4 Å². The molecule has 1 saturated heterocycles. The third kappa shape index (κ3) is 7.39. The molecule has 1 aliphatic carbocycles. The number of ether oxygens (including phenoxy) is 1. The Kier molecular flexibility index (Phi) is 9.86. The number of likely N-dealkylation sites (tertiary alicyclic amines) is 1. The van der Waals surface area contributed by atoms with E-state index in [0.29, 0.717) is 17.1 Å². The molecule has 2 heterocycles. The summed E-state index contributed by atoms with van der Waals surface area (Å²) < 4.78 is 46.5. The van der Waals surface area contributed by atoms with Gasteiger partial charge in [-0.15, -0.1) is 0 Å². The Labute approximate surface area is 240 Å². The number of benzene rings is 1. The lowest BCUT2D eigenvalue weighted by Gasteiger charge is -2.36. The van der Waals surface area contributed by atoms with Crippen molar-refractivity contribution in [3.05, 3.63) is 40.4 Å². The van der Waals surface area contributed by atoms with Gasteiger partial charge in [-0.2, -0.15) is 0 Å². The van der Waals surface area contributed by atoms with E-state index in [1.54, 1.807) is 7.05 Å². The molecule has 40 heavy (non-hydrogen) atoms. The zero-order valence-electron chi connectivity index (χ0n) is 23.4. The predicted octanol–water partition coefficient (Wildman–Crippen LogP) is 3.84. The SMILES string of the molecule is COc1cc(C(=O)NC2CCN(C)CC2)c(F)cc1Nc1ncc(Cl)c(C[C@@H]2CCCC[C@H]2N(C)S(C)(=O)=O)n1. The highest BCUT2D eigenvalue weighted by atomic mass is 35.5. The highest BCUT2D eigenvalue weighted by Gasteiger charge is 2.33. The van der Waals surface area contributed by atoms with Crippen molar-refractivity contribution in [2.45, 2.75) is 57.0 Å². The van der Waals surface area contributed by atoms with Crippen molar-refractivity contribution in [1.82, 2.24) is 24.5 Å². The summed E-state index contributed by atoms with van der Waals surface area (Å²) in [5.74, 6) is -0.690. The molecule has 0 bridgehead atoms. The van der Waals surface area contributed by atoms with Gasteiger partial charge in [-0.3, -0.25) is 4.79 Å². The third-order valence-electron chi connectivity index (χ3n) is 7.97. The van der Waals surface area contributed by atoms with Crippen molar-refractivity contribution < 1.29 is 22.3 Å². The molecule has 13 heteroatoms. The van der Waals surface area contributed by atoms with Gasteiger partial charge in [-0.25, -0.2) is 27.1 Å². The fourth-order valence-electron chi connectivity index (χ4n) is 5.54. The highest BCUT2D eigenvalue weighted by molar-refractivity contribution is 7.88. The van der Waals surface area contributed by atoms with Crippen molar-refractivity contribution in [1.29, 1.82) is 0 Å². The summed E-state index contributed by atoms with van der Waals surface area (Å²) in [7, 11) is 1.74. The molecule has 1 aliphatic heterocycles. The van der Waals surface area contributed by atoms with Crippen molar-refractivity contribution in [3.63, 3.8) is 0 Å². The second-order valence-corrected chi connectivity index (χ2v) is 13.2. The first-order chi connectivity index (χ1) is 19.0. The molecule has 220 valence electrons. The van der Waals surface area contributed by atoms with Crippen LogP contribution in [0, 0.1) is 11.7 Å². The number of carbonyl (C=O) groups excluding carboxylic acids is 1. The maximum Gasteiger partial charge on any atom is 0.254 e. The largest absolute Gasteiger partial charge is 0.495 e. The van der Waals surface area contributed by atoms with Gasteiger partial charge in [0.2, 0.25) is 16.0 Å². The summed E-state index contributed by atoms with van der Waals surface area (Å²) >= 11 is 6.45. The number of rotatable bonds is 9. The molecule has 4 rings (SSSR count). The molecule has 2 atom stereocenters. The fraction of sp³-hybridized carbons (Fsp3) is 0.593. The average molecular weight is 597 g/mol. The minimum absolute atomic E-state index is 0.00577. The van der Waals surface area contributed by atoms with Crippen LogP contribution < -0.4 is 15.4 Å². The predicted molar refractivity (Wildman–Crippen MR) is 153 cm³/mol. The summed E-state index contributed by atoms with van der Waals surface area (Å²) in [4.78, 5) is 23.9. The Morgan fingerprint density at radius 2 is 1.93 bits per heavy atom. The zero-order chi connectivity index (χ0) is 29.0. The van der Waals surface area contributed by atoms with E-state index in [-0.39, 0.29) is 41.0 Å². The van der Waals surface area contributed by atoms with Gasteiger partial charge in [-0.05, 0) is 64.2 Å². The molecule has 0 unspecified atom stereocenters. The molecule has 1 aromatic heterocycles. The lowest BCUT2D eigenvalue weighted by Crippen LogP contribution is -2.43. The van der Waals surface area contributed by atoms with Gasteiger partial charge in [-0.1, -0.05) is 24.4 Å². The number of sulfonamides is 1. The van der Waals surface area contributed by atoms with E-state index >= 15 is 4.39 Å². The number of hydrogen-bond donors (Lipinski definition) is 2. The average Bonchev–Trinajstić information content (AvgIpc) is 2.91. The smallest absolute Gasteiger partial charge is 0.254 e. The van der Waals surface area contributed by atoms with Gasteiger partial charge in [0.1, 0.15) is 11.6 Å². The zero-order valence-corrected chi connectivity index (χ0v) is 25.0. The van der Waals surface area contributed by atoms with Crippen LogP contribution in [-0.4, -0.2) is 86.1 Å². The minimum atomic E-state index is -3.34. The van der Waals surface area contributed by atoms with Crippen LogP contribution in [0.15, 0.2) is 18.3 Å². The molecule has 0 spiro atoms. The van der Waals surface area contributed by atoms with Gasteiger partial charge in [0.15, 0.2) is 0 Å². The lowest BCUT2D eigenvalue weighted by molar-refractivity contribution is 0.0912. The van der Waals surface area contributed by atoms with E-state index in [0.717, 1.165) is 51.6 Å². The number of amides is 1. The summed E-state index contributed by atoms with van der Waals surface area (Å²) in [6, 6.07) is 2.41. The van der Waals surface area contributed by atoms with Gasteiger partial charge >= 0.3 is 0 Å². The van der Waals surface area contributed by atoms with Crippen molar-refractivity contribution >= 4 is 39.2 Å². The Bertz CT molecular complexity index is 1320. The monoisotopic (exact) mass is 596 g/mol. The second-order valence-electron chi connectivity index (χ2n) is 10.8. The maximum absolute atomic E-state index is 15.1. The van der Waals surface area contributed by atoms with E-state index in [4.69, 9.17) is 16.3 Å². The van der Waals surface area contributed by atoms with E-state index < -0.39 is 21.7 Å². The molecule has 2 aliphatic rings. The van der Waals surface area contributed by atoms with Gasteiger partial charge in [0.05, 0.1) is 41.5 Å². The number of methoxy groups -OCH3 is 1. The van der Waals surface area contributed by atoms with Gasteiger partial charge < -0.3 is 20.3 Å². The molecule has 10 nitrogen and oxygen atoms in total. The molecular weight excluding hydrogens is 559 g/mol. The maximum atomic E-state index is 15.1. The lowest BCUT2D eigenvalue weighted by atomic mass is 9.81. The molecule has 1 amide bonds. The molecule has 2 N–H and O–H groups in total. The molecule has 1 saturated carbocycles. The minimum Gasteiger partial charge on any atom is -0.495 e. The molecule has 0 radical (unpaired) electrons. The van der Waals surface area contributed by atoms with Crippen LogP contribution in [0.1, 0.15) is 54.6 Å². The number of piperidine rings is 1. The van der Waals surface area contributed by atoms with E-state index in [1.165, 1.54) is 36.0 Å². The highest BCUT2D eigenvalue weighted by Crippen LogP contribution is 2.34. The first-order valence-corrected chi connectivity index (χ1v) is 15.8. The summed E-state index contributed by atoms with van der Waals surface area (Å²) in [5.41, 5.74) is 0.736. The number of nitrogens with zero attached hydrogens (tertiary/aromatic N) is 4. The van der Waals surface area contributed by atoms with Crippen LogP contribution >= 0.6 is 11.6 Å². The quantitative estimate of drug-likeness (QED) is 0.449. The number of carbonyl (C=O) groups is 1. The van der Waals surface area contributed by atoms with Crippen LogP contribution in [0.5, 0.6) is 5.75 Å². The second kappa shape index (κ2) is 13.0. The third-order valence-corrected chi connectivity index (χ3v) is 9.60. The van der Waals surface area contributed by atoms with Gasteiger partial charge in [0.25, 0.3) is 5.91 Å². The summed E-state index contributed by atoms with van der Waals surface area (Å²) in [6.45, 7) is 1.75. The van der Waals surface area contributed by atoms with Crippen molar-refractivity contribution in [2.24, 2.45) is 5.92 Å². The number of hydrogen-bond acceptors (Lipinski definition) is 8. The van der Waals surface area contributed by atoms with Crippen LogP contribution in [0.2, 0.25) is 5.02 Å². The Hall–Kier alpha value is -2.54. The first-order valence-electron chi connectivity index (χ1n) is 13.5. The van der Waals surface area contributed by atoms with Crippen molar-refractivity contribution in [2.75, 3.05) is 45.9 Å². The van der Waals surface area contributed by atoms with Crippen LogP contribution in [0.4, 0.5) is 16.0 Å². The fourth-order valence-corrected chi connectivity index (χ4v) is 6.47.